The number of amides is 1. The average Bonchev–Trinajstić information content (AvgIpc) is 2.94. The molecule has 0 unspecified atom stereocenters. The normalized spacial score (nSPS) is 24.4. The SMILES string of the molecule is CCOC(=O)OC1=C(c2c(CC)cccc2CC)C(=O)NC12CCC(C)CC2. The van der Waals surface area contributed by atoms with E-state index in [9.17, 15) is 9.59 Å². The van der Waals surface area contributed by atoms with Gasteiger partial charge in [-0.25, -0.2) is 4.79 Å². The van der Waals surface area contributed by atoms with E-state index < -0.39 is 11.7 Å². The van der Waals surface area contributed by atoms with Crippen LogP contribution in [0, 0.1) is 5.92 Å². The van der Waals surface area contributed by atoms with Crippen molar-refractivity contribution in [3.8, 4) is 0 Å². The third kappa shape index (κ3) is 3.67. The summed E-state index contributed by atoms with van der Waals surface area (Å²) in [7, 11) is 0. The highest BCUT2D eigenvalue weighted by Crippen LogP contribution is 2.45. The molecule has 0 bridgehead atoms. The van der Waals surface area contributed by atoms with Crippen LogP contribution in [0.5, 0.6) is 0 Å². The van der Waals surface area contributed by atoms with Crippen LogP contribution in [0.1, 0.15) is 70.1 Å². The molecule has 0 aromatic heterocycles. The zero-order valence-electron chi connectivity index (χ0n) is 17.4. The first-order chi connectivity index (χ1) is 13.5. The van der Waals surface area contributed by atoms with Gasteiger partial charge in [0.05, 0.1) is 17.7 Å². The molecule has 1 aromatic rings. The van der Waals surface area contributed by atoms with E-state index in [1.807, 2.05) is 18.2 Å². The second-order valence-corrected chi connectivity index (χ2v) is 7.87. The molecule has 2 aliphatic rings. The minimum absolute atomic E-state index is 0.149. The summed E-state index contributed by atoms with van der Waals surface area (Å²) >= 11 is 0. The largest absolute Gasteiger partial charge is 0.513 e. The predicted molar refractivity (Wildman–Crippen MR) is 109 cm³/mol. The molecule has 0 atom stereocenters. The molecule has 5 heteroatoms. The maximum atomic E-state index is 13.2. The van der Waals surface area contributed by atoms with Crippen LogP contribution in [0.15, 0.2) is 24.0 Å². The predicted octanol–water partition coefficient (Wildman–Crippen LogP) is 4.77. The standard InChI is InChI=1S/C23H31NO4/c1-5-16-9-8-10-17(6-2)18(16)19-20(28-22(26)27-7-3)23(24-21(19)25)13-11-15(4)12-14-23/h8-10,15H,5-7,11-14H2,1-4H3,(H,24,25). The lowest BCUT2D eigenvalue weighted by atomic mass is 9.76. The van der Waals surface area contributed by atoms with Crippen molar-refractivity contribution in [1.29, 1.82) is 0 Å². The van der Waals surface area contributed by atoms with Crippen LogP contribution >= 0.6 is 0 Å². The van der Waals surface area contributed by atoms with Crippen LogP contribution in [0.4, 0.5) is 4.79 Å². The number of ether oxygens (including phenoxy) is 2. The van der Waals surface area contributed by atoms with Gasteiger partial charge in [0.2, 0.25) is 0 Å². The molecular weight excluding hydrogens is 354 g/mol. The third-order valence-electron chi connectivity index (χ3n) is 6.07. The van der Waals surface area contributed by atoms with Crippen molar-refractivity contribution in [2.24, 2.45) is 5.92 Å². The van der Waals surface area contributed by atoms with Gasteiger partial charge in [-0.2, -0.15) is 0 Å². The number of hydrogen-bond acceptors (Lipinski definition) is 4. The molecule has 0 radical (unpaired) electrons. The molecule has 1 spiro atoms. The Morgan fingerprint density at radius 2 is 1.75 bits per heavy atom. The molecule has 1 fully saturated rings. The van der Waals surface area contributed by atoms with E-state index in [0.717, 1.165) is 55.2 Å². The molecule has 1 amide bonds. The lowest BCUT2D eigenvalue weighted by Gasteiger charge is -2.37. The van der Waals surface area contributed by atoms with Gasteiger partial charge in [0.1, 0.15) is 5.76 Å². The summed E-state index contributed by atoms with van der Waals surface area (Å²) in [5, 5.41) is 3.19. The molecule has 0 saturated heterocycles. The first-order valence-corrected chi connectivity index (χ1v) is 10.5. The monoisotopic (exact) mass is 385 g/mol. The molecule has 152 valence electrons. The van der Waals surface area contributed by atoms with Crippen molar-refractivity contribution in [3.63, 3.8) is 0 Å². The molecule has 1 saturated carbocycles. The van der Waals surface area contributed by atoms with Gasteiger partial charge >= 0.3 is 6.16 Å². The van der Waals surface area contributed by atoms with Crippen molar-refractivity contribution in [1.82, 2.24) is 5.32 Å². The maximum Gasteiger partial charge on any atom is 0.513 e. The van der Waals surface area contributed by atoms with Crippen LogP contribution in [-0.4, -0.2) is 24.2 Å². The summed E-state index contributed by atoms with van der Waals surface area (Å²) in [5.41, 5.74) is 3.00. The zero-order valence-corrected chi connectivity index (χ0v) is 17.4. The van der Waals surface area contributed by atoms with Gasteiger partial charge in [-0.1, -0.05) is 39.0 Å². The van der Waals surface area contributed by atoms with Crippen LogP contribution in [0.25, 0.3) is 5.57 Å². The van der Waals surface area contributed by atoms with E-state index in [0.29, 0.717) is 17.3 Å². The van der Waals surface area contributed by atoms with Crippen molar-refractivity contribution in [3.05, 3.63) is 40.6 Å². The van der Waals surface area contributed by atoms with Crippen molar-refractivity contribution >= 4 is 17.6 Å². The van der Waals surface area contributed by atoms with E-state index in [1.54, 1.807) is 6.92 Å². The van der Waals surface area contributed by atoms with Gasteiger partial charge < -0.3 is 14.8 Å². The van der Waals surface area contributed by atoms with Gasteiger partial charge in [-0.05, 0) is 68.1 Å². The topological polar surface area (TPSA) is 64.6 Å². The number of rotatable bonds is 5. The lowest BCUT2D eigenvalue weighted by Crippen LogP contribution is -2.47. The van der Waals surface area contributed by atoms with Gasteiger partial charge in [0.25, 0.3) is 5.91 Å². The quantitative estimate of drug-likeness (QED) is 0.741. The molecule has 1 aliphatic heterocycles. The summed E-state index contributed by atoms with van der Waals surface area (Å²) in [6, 6.07) is 6.12. The fourth-order valence-electron chi connectivity index (χ4n) is 4.46. The first kappa shape index (κ1) is 20.4. The van der Waals surface area contributed by atoms with Crippen molar-refractivity contribution in [2.45, 2.75) is 71.8 Å². The van der Waals surface area contributed by atoms with Gasteiger partial charge in [0, 0.05) is 0 Å². The average molecular weight is 386 g/mol. The van der Waals surface area contributed by atoms with E-state index >= 15 is 0 Å². The number of carbonyl (C=O) groups excluding carboxylic acids is 2. The van der Waals surface area contributed by atoms with Crippen LogP contribution < -0.4 is 5.32 Å². The van der Waals surface area contributed by atoms with Crippen LogP contribution in [0.3, 0.4) is 0 Å². The van der Waals surface area contributed by atoms with E-state index in [-0.39, 0.29) is 12.5 Å². The van der Waals surface area contributed by atoms with Crippen molar-refractivity contribution < 1.29 is 19.1 Å². The second kappa shape index (κ2) is 8.38. The Bertz CT molecular complexity index is 766. The van der Waals surface area contributed by atoms with Gasteiger partial charge in [-0.15, -0.1) is 0 Å². The number of benzene rings is 1. The van der Waals surface area contributed by atoms with E-state index in [4.69, 9.17) is 9.47 Å². The second-order valence-electron chi connectivity index (χ2n) is 7.87. The number of hydrogen-bond donors (Lipinski definition) is 1. The molecule has 1 N–H and O–H groups in total. The maximum absolute atomic E-state index is 13.2. The molecule has 3 rings (SSSR count). The van der Waals surface area contributed by atoms with Gasteiger partial charge in [0.15, 0.2) is 0 Å². The Morgan fingerprint density at radius 3 is 2.29 bits per heavy atom. The first-order valence-electron chi connectivity index (χ1n) is 10.5. The number of carbonyl (C=O) groups is 2. The Labute approximate surface area is 167 Å². The summed E-state index contributed by atoms with van der Waals surface area (Å²) in [6.45, 7) is 8.36. The fraction of sp³-hybridized carbons (Fsp3) is 0.565. The Kier molecular flexibility index (Phi) is 6.11. The fourth-order valence-corrected chi connectivity index (χ4v) is 4.46. The third-order valence-corrected chi connectivity index (χ3v) is 6.07. The number of nitrogens with one attached hydrogen (secondary N) is 1. The number of aryl methyl sites for hydroxylation is 2. The Balaban J connectivity index is 2.18. The highest BCUT2D eigenvalue weighted by molar-refractivity contribution is 6.24. The Morgan fingerprint density at radius 1 is 1.14 bits per heavy atom. The van der Waals surface area contributed by atoms with Crippen molar-refractivity contribution in [2.75, 3.05) is 6.61 Å². The summed E-state index contributed by atoms with van der Waals surface area (Å²) in [5.74, 6) is 0.910. The van der Waals surface area contributed by atoms with Gasteiger partial charge in [-0.3, -0.25) is 4.79 Å². The molecule has 1 heterocycles. The van der Waals surface area contributed by atoms with Crippen LogP contribution in [0.2, 0.25) is 0 Å². The lowest BCUT2D eigenvalue weighted by molar-refractivity contribution is -0.116. The summed E-state index contributed by atoms with van der Waals surface area (Å²) in [6.07, 6.45) is 4.38. The van der Waals surface area contributed by atoms with E-state index in [2.05, 4.69) is 26.1 Å². The molecule has 5 nitrogen and oxygen atoms in total. The smallest absolute Gasteiger partial charge is 0.434 e. The molecule has 1 aromatic carbocycles. The van der Waals surface area contributed by atoms with Crippen LogP contribution in [-0.2, 0) is 27.1 Å². The minimum Gasteiger partial charge on any atom is -0.434 e. The molecular formula is C23H31NO4. The summed E-state index contributed by atoms with van der Waals surface area (Å²) in [4.78, 5) is 25.5. The van der Waals surface area contributed by atoms with E-state index in [1.165, 1.54) is 0 Å². The summed E-state index contributed by atoms with van der Waals surface area (Å²) < 4.78 is 10.8. The Hall–Kier alpha value is -2.30. The molecule has 1 aliphatic carbocycles. The highest BCUT2D eigenvalue weighted by Gasteiger charge is 2.50. The highest BCUT2D eigenvalue weighted by atomic mass is 16.7. The minimum atomic E-state index is -0.739. The molecule has 28 heavy (non-hydrogen) atoms. The zero-order chi connectivity index (χ0) is 20.3.